The first-order chi connectivity index (χ1) is 8.65. The molecule has 0 amide bonds. The van der Waals surface area contributed by atoms with Crippen molar-refractivity contribution in [3.05, 3.63) is 35.9 Å². The summed E-state index contributed by atoms with van der Waals surface area (Å²) < 4.78 is 0. The normalized spacial score (nSPS) is 12.7. The molecule has 0 aliphatic heterocycles. The van der Waals surface area contributed by atoms with Crippen LogP contribution in [-0.4, -0.2) is 5.78 Å². The second-order valence-corrected chi connectivity index (χ2v) is 5.46. The molecule has 0 aromatic heterocycles. The van der Waals surface area contributed by atoms with Gasteiger partial charge in [0.1, 0.15) is 5.78 Å². The fourth-order valence-corrected chi connectivity index (χ4v) is 2.32. The molecule has 0 aliphatic rings. The van der Waals surface area contributed by atoms with Gasteiger partial charge in [-0.05, 0) is 24.3 Å². The zero-order chi connectivity index (χ0) is 13.4. The third-order valence-corrected chi connectivity index (χ3v) is 3.54. The van der Waals surface area contributed by atoms with Crippen LogP contribution in [0.1, 0.15) is 52.0 Å². The van der Waals surface area contributed by atoms with E-state index in [1.807, 2.05) is 18.2 Å². The molecule has 0 saturated carbocycles. The summed E-state index contributed by atoms with van der Waals surface area (Å²) in [6.45, 7) is 6.49. The number of carbonyl (C=O) groups excluding carboxylic acids is 1. The number of carbonyl (C=O) groups is 1. The molecule has 0 fully saturated rings. The smallest absolute Gasteiger partial charge is 0.136 e. The van der Waals surface area contributed by atoms with E-state index in [1.165, 1.54) is 18.4 Å². The zero-order valence-electron chi connectivity index (χ0n) is 12.0. The third kappa shape index (κ3) is 5.03. The van der Waals surface area contributed by atoms with Gasteiger partial charge < -0.3 is 0 Å². The monoisotopic (exact) mass is 246 g/mol. The average molecular weight is 246 g/mol. The van der Waals surface area contributed by atoms with Gasteiger partial charge in [-0.1, -0.05) is 63.9 Å². The van der Waals surface area contributed by atoms with E-state index in [0.717, 1.165) is 19.3 Å². The Kier molecular flexibility index (Phi) is 6.70. The Morgan fingerprint density at radius 3 is 2.33 bits per heavy atom. The van der Waals surface area contributed by atoms with Crippen molar-refractivity contribution in [3.63, 3.8) is 0 Å². The molecule has 1 nitrogen and oxygen atoms in total. The van der Waals surface area contributed by atoms with Crippen molar-refractivity contribution < 1.29 is 4.79 Å². The number of hydrogen-bond acceptors (Lipinski definition) is 1. The second kappa shape index (κ2) is 8.07. The highest BCUT2D eigenvalue weighted by atomic mass is 16.1. The van der Waals surface area contributed by atoms with E-state index in [9.17, 15) is 4.79 Å². The number of ketones is 1. The van der Waals surface area contributed by atoms with Crippen LogP contribution in [0, 0.1) is 11.8 Å². The second-order valence-electron chi connectivity index (χ2n) is 5.46. The zero-order valence-corrected chi connectivity index (χ0v) is 12.0. The van der Waals surface area contributed by atoms with Crippen molar-refractivity contribution in [1.29, 1.82) is 0 Å². The van der Waals surface area contributed by atoms with Gasteiger partial charge in [0, 0.05) is 12.3 Å². The van der Waals surface area contributed by atoms with Gasteiger partial charge in [0.2, 0.25) is 0 Å². The lowest BCUT2D eigenvalue weighted by Crippen LogP contribution is -2.22. The lowest BCUT2D eigenvalue weighted by atomic mass is 9.84. The summed E-state index contributed by atoms with van der Waals surface area (Å²) >= 11 is 0. The van der Waals surface area contributed by atoms with E-state index in [1.54, 1.807) is 0 Å². The maximum absolute atomic E-state index is 12.3. The summed E-state index contributed by atoms with van der Waals surface area (Å²) in [5, 5.41) is 0. The molecule has 100 valence electrons. The Balaban J connectivity index is 2.57. The maximum Gasteiger partial charge on any atom is 0.136 e. The summed E-state index contributed by atoms with van der Waals surface area (Å²) in [6.07, 6.45) is 5.04. The van der Waals surface area contributed by atoms with E-state index in [-0.39, 0.29) is 5.92 Å². The molecule has 0 heterocycles. The maximum atomic E-state index is 12.3. The molecule has 1 atom stereocenters. The Hall–Kier alpha value is -1.11. The number of benzene rings is 1. The Bertz CT molecular complexity index is 340. The fraction of sp³-hybridized carbons (Fsp3) is 0.588. The molecule has 0 radical (unpaired) electrons. The predicted octanol–water partition coefficient (Wildman–Crippen LogP) is 4.65. The van der Waals surface area contributed by atoms with Gasteiger partial charge in [-0.25, -0.2) is 0 Å². The predicted molar refractivity (Wildman–Crippen MR) is 77.6 cm³/mol. The van der Waals surface area contributed by atoms with E-state index in [4.69, 9.17) is 0 Å². The van der Waals surface area contributed by atoms with Crippen LogP contribution in [0.5, 0.6) is 0 Å². The van der Waals surface area contributed by atoms with E-state index >= 15 is 0 Å². The SMILES string of the molecule is CCCCCC(=O)C(Cc1ccccc1)C(C)C. The molecule has 1 unspecified atom stereocenters. The average Bonchev–Trinajstić information content (AvgIpc) is 2.37. The van der Waals surface area contributed by atoms with E-state index in [0.29, 0.717) is 11.7 Å². The van der Waals surface area contributed by atoms with Gasteiger partial charge in [0.25, 0.3) is 0 Å². The van der Waals surface area contributed by atoms with Crippen molar-refractivity contribution >= 4 is 5.78 Å². The minimum absolute atomic E-state index is 0.184. The highest BCUT2D eigenvalue weighted by molar-refractivity contribution is 5.81. The fourth-order valence-electron chi connectivity index (χ4n) is 2.32. The van der Waals surface area contributed by atoms with E-state index < -0.39 is 0 Å². The van der Waals surface area contributed by atoms with Crippen LogP contribution < -0.4 is 0 Å². The minimum atomic E-state index is 0.184. The first-order valence-electron chi connectivity index (χ1n) is 7.21. The molecule has 0 saturated heterocycles. The minimum Gasteiger partial charge on any atom is -0.299 e. The van der Waals surface area contributed by atoms with Gasteiger partial charge in [-0.3, -0.25) is 4.79 Å². The summed E-state index contributed by atoms with van der Waals surface area (Å²) in [5.41, 5.74) is 1.28. The molecule has 18 heavy (non-hydrogen) atoms. The largest absolute Gasteiger partial charge is 0.299 e. The van der Waals surface area contributed by atoms with Gasteiger partial charge in [-0.2, -0.15) is 0 Å². The molecule has 1 aromatic carbocycles. The Morgan fingerprint density at radius 1 is 1.11 bits per heavy atom. The Morgan fingerprint density at radius 2 is 1.78 bits per heavy atom. The quantitative estimate of drug-likeness (QED) is 0.610. The van der Waals surface area contributed by atoms with Gasteiger partial charge in [0.15, 0.2) is 0 Å². The van der Waals surface area contributed by atoms with Crippen LogP contribution in [-0.2, 0) is 11.2 Å². The highest BCUT2D eigenvalue weighted by Gasteiger charge is 2.21. The summed E-state index contributed by atoms with van der Waals surface area (Å²) in [4.78, 5) is 12.3. The molecule has 0 aliphatic carbocycles. The first-order valence-corrected chi connectivity index (χ1v) is 7.21. The van der Waals surface area contributed by atoms with Crippen molar-refractivity contribution in [2.75, 3.05) is 0 Å². The van der Waals surface area contributed by atoms with Crippen LogP contribution in [0.3, 0.4) is 0 Å². The standard InChI is InChI=1S/C17H26O/c1-4-5-7-12-17(18)16(14(2)3)13-15-10-8-6-9-11-15/h6,8-11,14,16H,4-5,7,12-13H2,1-3H3. The molecule has 1 aromatic rings. The van der Waals surface area contributed by atoms with E-state index in [2.05, 4.69) is 32.9 Å². The van der Waals surface area contributed by atoms with Crippen molar-refractivity contribution in [2.24, 2.45) is 11.8 Å². The van der Waals surface area contributed by atoms with Gasteiger partial charge in [-0.15, -0.1) is 0 Å². The number of unbranched alkanes of at least 4 members (excludes halogenated alkanes) is 2. The molecular formula is C17H26O. The van der Waals surface area contributed by atoms with Crippen molar-refractivity contribution in [1.82, 2.24) is 0 Å². The molecule has 1 heteroatoms. The molecule has 1 rings (SSSR count). The topological polar surface area (TPSA) is 17.1 Å². The molecule has 0 N–H and O–H groups in total. The number of rotatable bonds is 8. The van der Waals surface area contributed by atoms with Gasteiger partial charge in [0.05, 0.1) is 0 Å². The number of Topliss-reactive ketones (excluding diaryl/α,β-unsaturated/α-hetero) is 1. The van der Waals surface area contributed by atoms with Crippen LogP contribution in [0.25, 0.3) is 0 Å². The summed E-state index contributed by atoms with van der Waals surface area (Å²) in [6, 6.07) is 10.4. The number of hydrogen-bond donors (Lipinski definition) is 0. The molecule has 0 spiro atoms. The summed E-state index contributed by atoms with van der Waals surface area (Å²) in [5.74, 6) is 1.06. The summed E-state index contributed by atoms with van der Waals surface area (Å²) in [7, 11) is 0. The molecule has 0 bridgehead atoms. The van der Waals surface area contributed by atoms with Crippen LogP contribution in [0.4, 0.5) is 0 Å². The Labute approximate surface area is 112 Å². The van der Waals surface area contributed by atoms with Gasteiger partial charge >= 0.3 is 0 Å². The highest BCUT2D eigenvalue weighted by Crippen LogP contribution is 2.21. The third-order valence-electron chi connectivity index (χ3n) is 3.54. The lowest BCUT2D eigenvalue weighted by Gasteiger charge is -2.19. The molecular weight excluding hydrogens is 220 g/mol. The van der Waals surface area contributed by atoms with Crippen molar-refractivity contribution in [3.8, 4) is 0 Å². The van der Waals surface area contributed by atoms with Crippen molar-refractivity contribution in [2.45, 2.75) is 52.9 Å². The van der Waals surface area contributed by atoms with Crippen LogP contribution in [0.2, 0.25) is 0 Å². The first kappa shape index (κ1) is 14.9. The van der Waals surface area contributed by atoms with Crippen LogP contribution >= 0.6 is 0 Å². The lowest BCUT2D eigenvalue weighted by molar-refractivity contribution is -0.124. The van der Waals surface area contributed by atoms with Crippen LogP contribution in [0.15, 0.2) is 30.3 Å².